The lowest BCUT2D eigenvalue weighted by atomic mass is 10.1. The molecule has 74 valence electrons. The molecule has 1 rings (SSSR count). The second-order valence-electron chi connectivity index (χ2n) is 3.25. The molecular formula is C14H18. The summed E-state index contributed by atoms with van der Waals surface area (Å²) in [5.41, 5.74) is 2.61. The Morgan fingerprint density at radius 1 is 0.857 bits per heavy atom. The maximum atomic E-state index is 2.19. The Morgan fingerprint density at radius 2 is 1.29 bits per heavy atom. The van der Waals surface area contributed by atoms with Crippen molar-refractivity contribution in [1.82, 2.24) is 0 Å². The number of rotatable bonds is 4. The van der Waals surface area contributed by atoms with E-state index in [0.717, 1.165) is 12.8 Å². The molecule has 0 heterocycles. The standard InChI is InChI=1S/C14H18/c1-3-5-9-13-11-7-8-12-14(13)10-6-4-2/h5-12H,3-4H2,1-2H3/b9-5-,10-6-. The smallest absolute Gasteiger partial charge is 0.0187 e. The van der Waals surface area contributed by atoms with Crippen molar-refractivity contribution in [3.05, 3.63) is 47.5 Å². The van der Waals surface area contributed by atoms with Crippen LogP contribution in [0.1, 0.15) is 37.8 Å². The minimum absolute atomic E-state index is 1.09. The highest BCUT2D eigenvalue weighted by atomic mass is 14.0. The summed E-state index contributed by atoms with van der Waals surface area (Å²) >= 11 is 0. The van der Waals surface area contributed by atoms with Gasteiger partial charge in [0.1, 0.15) is 0 Å². The average molecular weight is 186 g/mol. The summed E-state index contributed by atoms with van der Waals surface area (Å²) in [6, 6.07) is 8.47. The van der Waals surface area contributed by atoms with Crippen LogP contribution in [0.25, 0.3) is 12.2 Å². The van der Waals surface area contributed by atoms with Crippen LogP contribution in [0.2, 0.25) is 0 Å². The monoisotopic (exact) mass is 186 g/mol. The highest BCUT2D eigenvalue weighted by Gasteiger charge is 1.92. The Morgan fingerprint density at radius 3 is 1.64 bits per heavy atom. The summed E-state index contributed by atoms with van der Waals surface area (Å²) in [5, 5.41) is 0. The summed E-state index contributed by atoms with van der Waals surface area (Å²) in [5.74, 6) is 0. The van der Waals surface area contributed by atoms with Crippen molar-refractivity contribution in [2.45, 2.75) is 26.7 Å². The normalized spacial score (nSPS) is 11.6. The van der Waals surface area contributed by atoms with E-state index in [9.17, 15) is 0 Å². The van der Waals surface area contributed by atoms with Crippen LogP contribution < -0.4 is 0 Å². The van der Waals surface area contributed by atoms with E-state index in [1.54, 1.807) is 0 Å². The molecule has 0 saturated carbocycles. The molecule has 0 atom stereocenters. The molecule has 0 N–H and O–H groups in total. The molecule has 0 nitrogen and oxygen atoms in total. The van der Waals surface area contributed by atoms with Gasteiger partial charge in [-0.2, -0.15) is 0 Å². The van der Waals surface area contributed by atoms with Gasteiger partial charge in [-0.15, -0.1) is 0 Å². The van der Waals surface area contributed by atoms with Crippen LogP contribution in [0.5, 0.6) is 0 Å². The van der Waals surface area contributed by atoms with E-state index in [0.29, 0.717) is 0 Å². The van der Waals surface area contributed by atoms with Crippen LogP contribution in [0.15, 0.2) is 36.4 Å². The first kappa shape index (κ1) is 10.8. The summed E-state index contributed by atoms with van der Waals surface area (Å²) in [6.07, 6.45) is 10.9. The molecule has 1 aromatic carbocycles. The highest BCUT2D eigenvalue weighted by Crippen LogP contribution is 2.13. The minimum atomic E-state index is 1.09. The van der Waals surface area contributed by atoms with E-state index < -0.39 is 0 Å². The Hall–Kier alpha value is -1.30. The van der Waals surface area contributed by atoms with Crippen LogP contribution in [0.4, 0.5) is 0 Å². The first-order valence-electron chi connectivity index (χ1n) is 5.30. The van der Waals surface area contributed by atoms with E-state index >= 15 is 0 Å². The van der Waals surface area contributed by atoms with E-state index in [4.69, 9.17) is 0 Å². The summed E-state index contributed by atoms with van der Waals surface area (Å²) < 4.78 is 0. The second kappa shape index (κ2) is 6.20. The van der Waals surface area contributed by atoms with Gasteiger partial charge in [-0.05, 0) is 24.0 Å². The Labute approximate surface area is 87.0 Å². The number of hydrogen-bond donors (Lipinski definition) is 0. The van der Waals surface area contributed by atoms with Gasteiger partial charge < -0.3 is 0 Å². The van der Waals surface area contributed by atoms with Crippen molar-refractivity contribution in [2.75, 3.05) is 0 Å². The minimum Gasteiger partial charge on any atom is -0.0842 e. The van der Waals surface area contributed by atoms with Crippen molar-refractivity contribution in [2.24, 2.45) is 0 Å². The lowest BCUT2D eigenvalue weighted by molar-refractivity contribution is 1.23. The van der Waals surface area contributed by atoms with Gasteiger partial charge in [-0.3, -0.25) is 0 Å². The number of hydrogen-bond acceptors (Lipinski definition) is 0. The van der Waals surface area contributed by atoms with Gasteiger partial charge in [0.25, 0.3) is 0 Å². The van der Waals surface area contributed by atoms with Gasteiger partial charge in [0.15, 0.2) is 0 Å². The maximum Gasteiger partial charge on any atom is -0.0187 e. The third-order valence-electron chi connectivity index (χ3n) is 2.06. The molecule has 0 aliphatic carbocycles. The van der Waals surface area contributed by atoms with Crippen LogP contribution >= 0.6 is 0 Å². The van der Waals surface area contributed by atoms with Crippen molar-refractivity contribution in [3.8, 4) is 0 Å². The highest BCUT2D eigenvalue weighted by molar-refractivity contribution is 5.64. The average Bonchev–Trinajstić information content (AvgIpc) is 2.24. The fraction of sp³-hybridized carbons (Fsp3) is 0.286. The van der Waals surface area contributed by atoms with Crippen LogP contribution in [-0.4, -0.2) is 0 Å². The van der Waals surface area contributed by atoms with Gasteiger partial charge >= 0.3 is 0 Å². The van der Waals surface area contributed by atoms with Gasteiger partial charge in [0, 0.05) is 0 Å². The molecule has 0 unspecified atom stereocenters. The van der Waals surface area contributed by atoms with E-state index in [1.807, 2.05) is 0 Å². The predicted molar refractivity (Wildman–Crippen MR) is 65.1 cm³/mol. The molecule has 1 aromatic rings. The van der Waals surface area contributed by atoms with E-state index in [2.05, 4.69) is 62.4 Å². The molecule has 0 aliphatic heterocycles. The van der Waals surface area contributed by atoms with Crippen molar-refractivity contribution in [1.29, 1.82) is 0 Å². The molecule has 0 saturated heterocycles. The largest absolute Gasteiger partial charge is 0.0842 e. The molecule has 0 aromatic heterocycles. The van der Waals surface area contributed by atoms with Crippen molar-refractivity contribution >= 4 is 12.2 Å². The van der Waals surface area contributed by atoms with E-state index in [1.165, 1.54) is 11.1 Å². The Balaban J connectivity index is 2.91. The topological polar surface area (TPSA) is 0 Å². The Kier molecular flexibility index (Phi) is 4.77. The zero-order valence-electron chi connectivity index (χ0n) is 9.03. The van der Waals surface area contributed by atoms with Crippen LogP contribution in [0.3, 0.4) is 0 Å². The van der Waals surface area contributed by atoms with Gasteiger partial charge in [-0.1, -0.05) is 62.4 Å². The third kappa shape index (κ3) is 3.21. The number of allylic oxidation sites excluding steroid dienone is 2. The molecular weight excluding hydrogens is 168 g/mol. The molecule has 0 bridgehead atoms. The van der Waals surface area contributed by atoms with Crippen molar-refractivity contribution in [3.63, 3.8) is 0 Å². The number of benzene rings is 1. The second-order valence-corrected chi connectivity index (χ2v) is 3.25. The maximum absolute atomic E-state index is 2.19. The zero-order chi connectivity index (χ0) is 10.2. The zero-order valence-corrected chi connectivity index (χ0v) is 9.03. The van der Waals surface area contributed by atoms with Crippen LogP contribution in [0, 0.1) is 0 Å². The molecule has 0 fully saturated rings. The SMILES string of the molecule is CC/C=C\c1ccccc1/C=C\CC. The molecule has 0 heteroatoms. The van der Waals surface area contributed by atoms with Gasteiger partial charge in [0.05, 0.1) is 0 Å². The fourth-order valence-corrected chi connectivity index (χ4v) is 1.30. The van der Waals surface area contributed by atoms with Crippen molar-refractivity contribution < 1.29 is 0 Å². The summed E-state index contributed by atoms with van der Waals surface area (Å²) in [7, 11) is 0. The fourth-order valence-electron chi connectivity index (χ4n) is 1.30. The first-order valence-corrected chi connectivity index (χ1v) is 5.30. The molecule has 0 amide bonds. The van der Waals surface area contributed by atoms with Gasteiger partial charge in [-0.25, -0.2) is 0 Å². The molecule has 0 aliphatic rings. The predicted octanol–water partition coefficient (Wildman–Crippen LogP) is 4.53. The Bertz CT molecular complexity index is 286. The lowest BCUT2D eigenvalue weighted by Crippen LogP contribution is -1.78. The van der Waals surface area contributed by atoms with E-state index in [-0.39, 0.29) is 0 Å². The summed E-state index contributed by atoms with van der Waals surface area (Å²) in [6.45, 7) is 4.31. The molecule has 14 heavy (non-hydrogen) atoms. The van der Waals surface area contributed by atoms with Gasteiger partial charge in [0.2, 0.25) is 0 Å². The summed E-state index contributed by atoms with van der Waals surface area (Å²) in [4.78, 5) is 0. The third-order valence-corrected chi connectivity index (χ3v) is 2.06. The first-order chi connectivity index (χ1) is 6.88. The van der Waals surface area contributed by atoms with Crippen LogP contribution in [-0.2, 0) is 0 Å². The molecule has 0 radical (unpaired) electrons. The quantitative estimate of drug-likeness (QED) is 0.648. The molecule has 0 spiro atoms. The lowest BCUT2D eigenvalue weighted by Gasteiger charge is -1.99.